The minimum atomic E-state index is -3.18. The summed E-state index contributed by atoms with van der Waals surface area (Å²) in [5.41, 5.74) is 16.9. The molecule has 4 rings (SSSR count). The number of nitrogens with two attached hydrogens (primary N) is 2. The average Bonchev–Trinajstić information content (AvgIpc) is 3.12. The molecule has 0 aliphatic carbocycles. The van der Waals surface area contributed by atoms with Crippen LogP contribution in [0.4, 0.5) is 17.5 Å². The van der Waals surface area contributed by atoms with Crippen LogP contribution in [0.15, 0.2) is 53.6 Å². The van der Waals surface area contributed by atoms with Crippen LogP contribution in [0, 0.1) is 0 Å². The Bertz CT molecular complexity index is 1160. The third-order valence-corrected chi connectivity index (χ3v) is 7.03. The van der Waals surface area contributed by atoms with Gasteiger partial charge in [0.1, 0.15) is 5.82 Å². The number of sulfone groups is 1. The summed E-state index contributed by atoms with van der Waals surface area (Å²) in [5, 5.41) is 0. The van der Waals surface area contributed by atoms with Crippen LogP contribution in [-0.2, 0) is 22.8 Å². The van der Waals surface area contributed by atoms with Crippen molar-refractivity contribution in [1.82, 2.24) is 9.97 Å². The smallest absolute Gasteiger partial charge is 0.221 e. The van der Waals surface area contributed by atoms with Crippen molar-refractivity contribution >= 4 is 27.3 Å². The Kier molecular flexibility index (Phi) is 4.87. The number of hydrogen-bond acceptors (Lipinski definition) is 7. The first kappa shape index (κ1) is 19.2. The van der Waals surface area contributed by atoms with Crippen molar-refractivity contribution in [2.24, 2.45) is 0 Å². The maximum Gasteiger partial charge on any atom is 0.221 e. The Morgan fingerprint density at radius 1 is 1.07 bits per heavy atom. The van der Waals surface area contributed by atoms with Crippen LogP contribution in [0.5, 0.6) is 0 Å². The zero-order chi connectivity index (χ0) is 20.6. The Hall–Kier alpha value is -3.13. The van der Waals surface area contributed by atoms with Gasteiger partial charge in [-0.3, -0.25) is 0 Å². The van der Waals surface area contributed by atoms with Gasteiger partial charge in [-0.25, -0.2) is 13.4 Å². The molecule has 0 saturated carbocycles. The second kappa shape index (κ2) is 7.36. The fourth-order valence-corrected chi connectivity index (χ4v) is 4.48. The highest BCUT2D eigenvalue weighted by molar-refractivity contribution is 7.91. The summed E-state index contributed by atoms with van der Waals surface area (Å²) in [6.07, 6.45) is 2.61. The van der Waals surface area contributed by atoms with E-state index in [4.69, 9.17) is 11.5 Å². The highest BCUT2D eigenvalue weighted by Gasteiger charge is 2.21. The summed E-state index contributed by atoms with van der Waals surface area (Å²) in [7, 11) is -3.18. The standard InChI is InChI=1S/C21H23N5O2S/c1-2-29(27,28)18-6-3-14(4-7-18)15-5-8-19-16(11-15)9-10-26(19)13-17-12-24-21(23)25-20(17)22/h3-8,11-12H,2,9-10,13H2,1H3,(H4,22,23,24,25). The summed E-state index contributed by atoms with van der Waals surface area (Å²) >= 11 is 0. The van der Waals surface area contributed by atoms with Gasteiger partial charge in [-0.2, -0.15) is 4.98 Å². The average molecular weight is 410 g/mol. The van der Waals surface area contributed by atoms with Crippen molar-refractivity contribution in [1.29, 1.82) is 0 Å². The van der Waals surface area contributed by atoms with Gasteiger partial charge < -0.3 is 16.4 Å². The molecule has 1 aliphatic heterocycles. The molecule has 1 aliphatic rings. The van der Waals surface area contributed by atoms with Gasteiger partial charge in [0.2, 0.25) is 5.95 Å². The summed E-state index contributed by atoms with van der Waals surface area (Å²) in [6, 6.07) is 13.4. The zero-order valence-corrected chi connectivity index (χ0v) is 17.0. The van der Waals surface area contributed by atoms with Gasteiger partial charge in [0.25, 0.3) is 0 Å². The number of benzene rings is 2. The SMILES string of the molecule is CCS(=O)(=O)c1ccc(-c2ccc3c(c2)CCN3Cc2cnc(N)nc2N)cc1. The molecule has 0 saturated heterocycles. The van der Waals surface area contributed by atoms with E-state index < -0.39 is 9.84 Å². The van der Waals surface area contributed by atoms with E-state index in [0.29, 0.717) is 17.3 Å². The maximum atomic E-state index is 12.0. The fourth-order valence-electron chi connectivity index (χ4n) is 3.60. The van der Waals surface area contributed by atoms with Crippen molar-refractivity contribution in [3.63, 3.8) is 0 Å². The van der Waals surface area contributed by atoms with E-state index in [1.807, 2.05) is 12.1 Å². The number of anilines is 3. The fraction of sp³-hybridized carbons (Fsp3) is 0.238. The Morgan fingerprint density at radius 3 is 2.48 bits per heavy atom. The van der Waals surface area contributed by atoms with Gasteiger partial charge >= 0.3 is 0 Å². The molecule has 4 N–H and O–H groups in total. The lowest BCUT2D eigenvalue weighted by Gasteiger charge is -2.20. The molecule has 0 unspecified atom stereocenters. The first-order valence-corrected chi connectivity index (χ1v) is 11.1. The van der Waals surface area contributed by atoms with Crippen LogP contribution in [0.2, 0.25) is 0 Å². The summed E-state index contributed by atoms with van der Waals surface area (Å²) in [5.74, 6) is 0.685. The van der Waals surface area contributed by atoms with Crippen molar-refractivity contribution in [2.45, 2.75) is 24.8 Å². The van der Waals surface area contributed by atoms with Crippen molar-refractivity contribution in [2.75, 3.05) is 28.7 Å². The molecule has 8 heteroatoms. The molecule has 0 radical (unpaired) electrons. The molecule has 7 nitrogen and oxygen atoms in total. The van der Waals surface area contributed by atoms with Crippen LogP contribution in [-0.4, -0.2) is 30.7 Å². The van der Waals surface area contributed by atoms with Crippen LogP contribution in [0.25, 0.3) is 11.1 Å². The van der Waals surface area contributed by atoms with Gasteiger partial charge in [-0.15, -0.1) is 0 Å². The molecule has 1 aromatic heterocycles. The minimum absolute atomic E-state index is 0.102. The number of rotatable bonds is 5. The van der Waals surface area contributed by atoms with E-state index in [0.717, 1.165) is 35.3 Å². The third-order valence-electron chi connectivity index (χ3n) is 5.28. The quantitative estimate of drug-likeness (QED) is 0.665. The molecule has 29 heavy (non-hydrogen) atoms. The normalized spacial score (nSPS) is 13.5. The van der Waals surface area contributed by atoms with Crippen LogP contribution in [0.1, 0.15) is 18.1 Å². The minimum Gasteiger partial charge on any atom is -0.383 e. The molecule has 0 bridgehead atoms. The third kappa shape index (κ3) is 3.75. The molecule has 0 atom stereocenters. The first-order valence-electron chi connectivity index (χ1n) is 9.45. The largest absolute Gasteiger partial charge is 0.383 e. The first-order chi connectivity index (χ1) is 13.9. The van der Waals surface area contributed by atoms with E-state index in [1.54, 1.807) is 25.3 Å². The van der Waals surface area contributed by atoms with Crippen LogP contribution < -0.4 is 16.4 Å². The van der Waals surface area contributed by atoms with E-state index >= 15 is 0 Å². The van der Waals surface area contributed by atoms with Crippen molar-refractivity contribution in [3.05, 3.63) is 59.8 Å². The lowest BCUT2D eigenvalue weighted by molar-refractivity contribution is 0.597. The van der Waals surface area contributed by atoms with Gasteiger partial charge in [0, 0.05) is 30.5 Å². The zero-order valence-electron chi connectivity index (χ0n) is 16.2. The molecule has 2 heterocycles. The van der Waals surface area contributed by atoms with Gasteiger partial charge in [0.15, 0.2) is 9.84 Å². The Morgan fingerprint density at radius 2 is 1.79 bits per heavy atom. The molecule has 0 spiro atoms. The number of fused-ring (bicyclic) bond motifs is 1. The van der Waals surface area contributed by atoms with Gasteiger partial charge in [-0.05, 0) is 47.4 Å². The lowest BCUT2D eigenvalue weighted by Crippen LogP contribution is -2.21. The highest BCUT2D eigenvalue weighted by atomic mass is 32.2. The van der Waals surface area contributed by atoms with Crippen LogP contribution in [0.3, 0.4) is 0 Å². The summed E-state index contributed by atoms with van der Waals surface area (Å²) < 4.78 is 24.0. The van der Waals surface area contributed by atoms with E-state index in [2.05, 4.69) is 33.1 Å². The van der Waals surface area contributed by atoms with Gasteiger partial charge in [0.05, 0.1) is 10.6 Å². The molecular formula is C21H23N5O2S. The molecule has 150 valence electrons. The second-order valence-electron chi connectivity index (χ2n) is 7.08. The molecule has 0 fully saturated rings. The highest BCUT2D eigenvalue weighted by Crippen LogP contribution is 2.34. The number of nitrogens with zero attached hydrogens (tertiary/aromatic N) is 3. The van der Waals surface area contributed by atoms with Gasteiger partial charge in [-0.1, -0.05) is 25.1 Å². The molecule has 2 aromatic carbocycles. The summed E-state index contributed by atoms with van der Waals surface area (Å²) in [6.45, 7) is 3.16. The molecule has 0 amide bonds. The Balaban J connectivity index is 1.57. The van der Waals surface area contributed by atoms with E-state index in [-0.39, 0.29) is 11.7 Å². The maximum absolute atomic E-state index is 12.0. The monoisotopic (exact) mass is 409 g/mol. The van der Waals surface area contributed by atoms with E-state index in [9.17, 15) is 8.42 Å². The van der Waals surface area contributed by atoms with Crippen molar-refractivity contribution in [3.8, 4) is 11.1 Å². The summed E-state index contributed by atoms with van der Waals surface area (Å²) in [4.78, 5) is 10.7. The van der Waals surface area contributed by atoms with Crippen LogP contribution >= 0.6 is 0 Å². The van der Waals surface area contributed by atoms with Crippen molar-refractivity contribution < 1.29 is 8.42 Å². The van der Waals surface area contributed by atoms with E-state index in [1.165, 1.54) is 5.56 Å². The predicted molar refractivity (Wildman–Crippen MR) is 115 cm³/mol. The molecular weight excluding hydrogens is 386 g/mol. The number of aromatic nitrogens is 2. The second-order valence-corrected chi connectivity index (χ2v) is 9.36. The Labute approximate surface area is 170 Å². The number of hydrogen-bond donors (Lipinski definition) is 2. The molecule has 3 aromatic rings. The topological polar surface area (TPSA) is 115 Å². The lowest BCUT2D eigenvalue weighted by atomic mass is 10.0. The number of nitrogen functional groups attached to an aromatic ring is 2. The predicted octanol–water partition coefficient (Wildman–Crippen LogP) is 2.66.